The third-order valence-corrected chi connectivity index (χ3v) is 5.34. The summed E-state index contributed by atoms with van der Waals surface area (Å²) in [6.45, 7) is 1.59. The van der Waals surface area contributed by atoms with Crippen LogP contribution in [0.15, 0.2) is 54.7 Å². The predicted octanol–water partition coefficient (Wildman–Crippen LogP) is 4.34. The van der Waals surface area contributed by atoms with Gasteiger partial charge in [0, 0.05) is 18.3 Å². The Morgan fingerprint density at radius 2 is 1.74 bits per heavy atom. The standard InChI is InChI=1S/C22H12F3N5O5/c1-11-17-18-16(20(31)28(21(18)32)13-3-2-4-14(9-13)30(33)34)10-26-19(17)29(27-11)12-5-7-15(8-6-12)35-22(23,24)25/h2-10H,1H3. The van der Waals surface area contributed by atoms with Crippen molar-refractivity contribution in [2.24, 2.45) is 0 Å². The second-order valence-corrected chi connectivity index (χ2v) is 7.51. The van der Waals surface area contributed by atoms with Gasteiger partial charge in [-0.3, -0.25) is 19.7 Å². The molecule has 5 rings (SSSR count). The molecule has 35 heavy (non-hydrogen) atoms. The second-order valence-electron chi connectivity index (χ2n) is 7.51. The van der Waals surface area contributed by atoms with E-state index in [2.05, 4.69) is 14.8 Å². The van der Waals surface area contributed by atoms with E-state index in [0.717, 1.165) is 23.1 Å². The van der Waals surface area contributed by atoms with Gasteiger partial charge in [-0.15, -0.1) is 13.2 Å². The van der Waals surface area contributed by atoms with E-state index in [0.29, 0.717) is 11.4 Å². The molecule has 2 aromatic carbocycles. The number of pyridine rings is 1. The monoisotopic (exact) mass is 483 g/mol. The fraction of sp³-hybridized carbons (Fsp3) is 0.0909. The normalized spacial score (nSPS) is 13.4. The van der Waals surface area contributed by atoms with Gasteiger partial charge in [0.15, 0.2) is 5.65 Å². The lowest BCUT2D eigenvalue weighted by Gasteiger charge is -2.13. The van der Waals surface area contributed by atoms with Gasteiger partial charge in [0.2, 0.25) is 0 Å². The summed E-state index contributed by atoms with van der Waals surface area (Å²) in [6.07, 6.45) is -3.63. The number of aryl methyl sites for hydroxylation is 1. The van der Waals surface area contributed by atoms with Crippen LogP contribution in [0.2, 0.25) is 0 Å². The van der Waals surface area contributed by atoms with Gasteiger partial charge in [-0.25, -0.2) is 14.6 Å². The molecular weight excluding hydrogens is 471 g/mol. The molecule has 13 heteroatoms. The van der Waals surface area contributed by atoms with E-state index >= 15 is 0 Å². The minimum Gasteiger partial charge on any atom is -0.406 e. The molecule has 0 bridgehead atoms. The maximum Gasteiger partial charge on any atom is 0.573 e. The van der Waals surface area contributed by atoms with Crippen molar-refractivity contribution in [2.75, 3.05) is 4.90 Å². The van der Waals surface area contributed by atoms with Gasteiger partial charge >= 0.3 is 6.36 Å². The number of ether oxygens (including phenoxy) is 1. The molecule has 0 aliphatic carbocycles. The van der Waals surface area contributed by atoms with Gasteiger partial charge in [-0.1, -0.05) is 6.07 Å². The third kappa shape index (κ3) is 3.62. The number of hydrogen-bond donors (Lipinski definition) is 0. The fourth-order valence-electron chi connectivity index (χ4n) is 3.91. The van der Waals surface area contributed by atoms with E-state index in [1.165, 1.54) is 41.2 Å². The van der Waals surface area contributed by atoms with Gasteiger partial charge in [-0.2, -0.15) is 5.10 Å². The lowest BCUT2D eigenvalue weighted by Crippen LogP contribution is -2.29. The highest BCUT2D eigenvalue weighted by atomic mass is 19.4. The molecule has 0 radical (unpaired) electrons. The number of carbonyl (C=O) groups is 2. The number of benzene rings is 2. The topological polar surface area (TPSA) is 120 Å². The predicted molar refractivity (Wildman–Crippen MR) is 115 cm³/mol. The van der Waals surface area contributed by atoms with E-state index in [-0.39, 0.29) is 33.5 Å². The van der Waals surface area contributed by atoms with Gasteiger partial charge in [0.1, 0.15) is 5.75 Å². The molecule has 0 saturated heterocycles. The summed E-state index contributed by atoms with van der Waals surface area (Å²) >= 11 is 0. The Kier molecular flexibility index (Phi) is 4.79. The van der Waals surface area contributed by atoms with E-state index in [1.807, 2.05) is 0 Å². The minimum absolute atomic E-state index is 0.00517. The molecule has 10 nitrogen and oxygen atoms in total. The Morgan fingerprint density at radius 1 is 1.03 bits per heavy atom. The Hall–Kier alpha value is -4.81. The van der Waals surface area contributed by atoms with Crippen LogP contribution in [-0.4, -0.2) is 37.9 Å². The third-order valence-electron chi connectivity index (χ3n) is 5.34. The van der Waals surface area contributed by atoms with Gasteiger partial charge in [0.25, 0.3) is 17.5 Å². The number of nitro groups is 1. The van der Waals surface area contributed by atoms with Gasteiger partial charge in [-0.05, 0) is 37.3 Å². The van der Waals surface area contributed by atoms with Crippen LogP contribution < -0.4 is 9.64 Å². The summed E-state index contributed by atoms with van der Waals surface area (Å²) in [6, 6.07) is 10.0. The first-order valence-electron chi connectivity index (χ1n) is 9.93. The fourth-order valence-corrected chi connectivity index (χ4v) is 3.91. The average molecular weight is 483 g/mol. The van der Waals surface area contributed by atoms with E-state index in [9.17, 15) is 32.9 Å². The van der Waals surface area contributed by atoms with Crippen LogP contribution in [-0.2, 0) is 0 Å². The maximum absolute atomic E-state index is 13.3. The first-order chi connectivity index (χ1) is 16.5. The van der Waals surface area contributed by atoms with Gasteiger partial charge in [0.05, 0.1) is 38.5 Å². The molecule has 0 fully saturated rings. The molecule has 1 aliphatic heterocycles. The molecular formula is C22H12F3N5O5. The number of halogens is 3. The van der Waals surface area contributed by atoms with E-state index in [4.69, 9.17) is 0 Å². The highest BCUT2D eigenvalue weighted by molar-refractivity contribution is 6.37. The van der Waals surface area contributed by atoms with E-state index < -0.39 is 28.8 Å². The number of carbonyl (C=O) groups excluding carboxylic acids is 2. The van der Waals surface area contributed by atoms with E-state index in [1.54, 1.807) is 6.92 Å². The lowest BCUT2D eigenvalue weighted by atomic mass is 10.1. The number of hydrogen-bond acceptors (Lipinski definition) is 7. The number of amides is 2. The largest absolute Gasteiger partial charge is 0.573 e. The minimum atomic E-state index is -4.84. The summed E-state index contributed by atoms with van der Waals surface area (Å²) in [7, 11) is 0. The molecule has 0 unspecified atom stereocenters. The Labute approximate surface area is 193 Å². The summed E-state index contributed by atoms with van der Waals surface area (Å²) in [5, 5.41) is 15.8. The van der Waals surface area contributed by atoms with Crippen molar-refractivity contribution in [3.05, 3.63) is 81.7 Å². The summed E-state index contributed by atoms with van der Waals surface area (Å²) < 4.78 is 42.5. The zero-order valence-corrected chi connectivity index (χ0v) is 17.6. The lowest BCUT2D eigenvalue weighted by molar-refractivity contribution is -0.384. The molecule has 2 amide bonds. The number of imide groups is 1. The van der Waals surface area contributed by atoms with Crippen molar-refractivity contribution in [2.45, 2.75) is 13.3 Å². The first-order valence-corrected chi connectivity index (χ1v) is 9.93. The molecule has 0 saturated carbocycles. The number of aromatic nitrogens is 3. The molecule has 0 spiro atoms. The number of anilines is 1. The summed E-state index contributed by atoms with van der Waals surface area (Å²) in [5.41, 5.74) is 0.679. The number of nitrogens with zero attached hydrogens (tertiary/aromatic N) is 5. The number of fused-ring (bicyclic) bond motifs is 3. The molecule has 3 heterocycles. The second kappa shape index (κ2) is 7.62. The highest BCUT2D eigenvalue weighted by Gasteiger charge is 2.40. The van der Waals surface area contributed by atoms with Crippen LogP contribution >= 0.6 is 0 Å². The Morgan fingerprint density at radius 3 is 2.40 bits per heavy atom. The molecule has 4 aromatic rings. The summed E-state index contributed by atoms with van der Waals surface area (Å²) in [4.78, 5) is 42.0. The zero-order chi connectivity index (χ0) is 25.1. The average Bonchev–Trinajstić information content (AvgIpc) is 3.27. The van der Waals surface area contributed by atoms with Crippen molar-refractivity contribution in [3.63, 3.8) is 0 Å². The smallest absolute Gasteiger partial charge is 0.406 e. The van der Waals surface area contributed by atoms with Crippen LogP contribution in [0.5, 0.6) is 5.75 Å². The van der Waals surface area contributed by atoms with Crippen molar-refractivity contribution in [1.82, 2.24) is 14.8 Å². The van der Waals surface area contributed by atoms with Crippen LogP contribution in [0.4, 0.5) is 24.5 Å². The number of nitro benzene ring substituents is 1. The number of non-ortho nitro benzene ring substituents is 1. The first kappa shape index (κ1) is 22.0. The van der Waals surface area contributed by atoms with Crippen LogP contribution in [0.25, 0.3) is 16.7 Å². The molecule has 176 valence electrons. The van der Waals surface area contributed by atoms with Crippen LogP contribution in [0.1, 0.15) is 26.4 Å². The van der Waals surface area contributed by atoms with Gasteiger partial charge < -0.3 is 4.74 Å². The maximum atomic E-state index is 13.3. The van der Waals surface area contributed by atoms with Crippen molar-refractivity contribution in [1.29, 1.82) is 0 Å². The SMILES string of the molecule is Cc1nn(-c2ccc(OC(F)(F)F)cc2)c2ncc3c(c12)C(=O)N(c1cccc([N+](=O)[O-])c1)C3=O. The molecule has 2 aromatic heterocycles. The van der Waals surface area contributed by atoms with Crippen LogP contribution in [0.3, 0.4) is 0 Å². The van der Waals surface area contributed by atoms with Crippen LogP contribution in [0, 0.1) is 17.0 Å². The highest BCUT2D eigenvalue weighted by Crippen LogP contribution is 2.35. The summed E-state index contributed by atoms with van der Waals surface area (Å²) in [5.74, 6) is -1.81. The van der Waals surface area contributed by atoms with Crippen molar-refractivity contribution in [3.8, 4) is 11.4 Å². The molecule has 1 aliphatic rings. The zero-order valence-electron chi connectivity index (χ0n) is 17.6. The Balaban J connectivity index is 1.59. The molecule has 0 atom stereocenters. The molecule has 0 N–H and O–H groups in total. The quantitative estimate of drug-likeness (QED) is 0.241. The number of rotatable bonds is 4. The van der Waals surface area contributed by atoms with Crippen molar-refractivity contribution >= 4 is 34.2 Å². The Bertz CT molecular complexity index is 1550. The number of alkyl halides is 3. The van der Waals surface area contributed by atoms with Crippen molar-refractivity contribution < 1.29 is 32.4 Å².